The van der Waals surface area contributed by atoms with E-state index in [2.05, 4.69) is 52.2 Å². The lowest BCUT2D eigenvalue weighted by Crippen LogP contribution is -2.74. The molecule has 2 amide bonds. The summed E-state index contributed by atoms with van der Waals surface area (Å²) < 4.78 is 6.24. The van der Waals surface area contributed by atoms with Gasteiger partial charge in [0.25, 0.3) is 5.91 Å². The van der Waals surface area contributed by atoms with E-state index < -0.39 is 40.4 Å². The van der Waals surface area contributed by atoms with Gasteiger partial charge in [-0.05, 0) is 41.7 Å². The first-order valence-electron chi connectivity index (χ1n) is 20.0. The van der Waals surface area contributed by atoms with E-state index in [4.69, 9.17) is 26.2 Å². The van der Waals surface area contributed by atoms with Gasteiger partial charge in [0.2, 0.25) is 5.91 Å². The highest BCUT2D eigenvalue weighted by atomic mass is 35.5. The molecular weight excluding hydrogens is 826 g/mol. The summed E-state index contributed by atoms with van der Waals surface area (Å²) in [6.45, 7) is 3.67. The number of benzene rings is 5. The number of rotatable bonds is 15. The van der Waals surface area contributed by atoms with Crippen molar-refractivity contribution < 1.29 is 24.0 Å². The van der Waals surface area contributed by atoms with E-state index in [1.54, 1.807) is 10.3 Å². The van der Waals surface area contributed by atoms with Gasteiger partial charge in [-0.2, -0.15) is 0 Å². The van der Waals surface area contributed by atoms with Crippen LogP contribution < -0.4 is 10.6 Å². The summed E-state index contributed by atoms with van der Waals surface area (Å²) in [7, 11) is 0. The van der Waals surface area contributed by atoms with Crippen LogP contribution in [-0.2, 0) is 29.5 Å². The van der Waals surface area contributed by atoms with Gasteiger partial charge in [0, 0.05) is 23.6 Å². The fourth-order valence-corrected chi connectivity index (χ4v) is 10.3. The van der Waals surface area contributed by atoms with Gasteiger partial charge in [-0.25, -0.2) is 4.98 Å². The van der Waals surface area contributed by atoms with E-state index in [9.17, 15) is 14.4 Å². The summed E-state index contributed by atoms with van der Waals surface area (Å²) in [5.41, 5.74) is 2.83. The molecule has 2 unspecified atom stereocenters. The topological polar surface area (TPSA) is 122 Å². The molecule has 10 nitrogen and oxygen atoms in total. The first-order valence-corrected chi connectivity index (χ1v) is 22.4. The number of ether oxygens (including phenoxy) is 1. The highest BCUT2D eigenvalue weighted by Gasteiger charge is 2.58. The summed E-state index contributed by atoms with van der Waals surface area (Å²) in [5.74, 6) is -1.20. The van der Waals surface area contributed by atoms with E-state index in [-0.39, 0.29) is 41.6 Å². The van der Waals surface area contributed by atoms with Gasteiger partial charge >= 0.3 is 5.97 Å². The van der Waals surface area contributed by atoms with Crippen molar-refractivity contribution in [3.63, 3.8) is 0 Å². The number of oxime groups is 1. The number of β-lactam (4-membered cyclic amide) rings is 1. The molecule has 2 aliphatic heterocycles. The van der Waals surface area contributed by atoms with E-state index in [0.717, 1.165) is 27.8 Å². The molecule has 0 spiro atoms. The van der Waals surface area contributed by atoms with Crippen molar-refractivity contribution >= 4 is 63.3 Å². The predicted octanol–water partition coefficient (Wildman–Crippen LogP) is 8.63. The molecule has 2 N–H and O–H groups in total. The molecule has 1 aromatic heterocycles. The molecule has 310 valence electrons. The monoisotopic (exact) mass is 869 g/mol. The molecule has 3 heterocycles. The molecule has 5 aromatic carbocycles. The molecule has 6 aromatic rings. The number of alkyl halides is 1. The lowest BCUT2D eigenvalue weighted by Gasteiger charge is -2.53. The number of halogens is 1. The largest absolute Gasteiger partial charge is 0.452 e. The van der Waals surface area contributed by atoms with Crippen LogP contribution in [0.3, 0.4) is 0 Å². The summed E-state index contributed by atoms with van der Waals surface area (Å²) in [6, 6.07) is 48.6. The maximum Gasteiger partial charge on any atom is 0.316 e. The van der Waals surface area contributed by atoms with Crippen LogP contribution >= 0.6 is 34.7 Å². The summed E-state index contributed by atoms with van der Waals surface area (Å²) in [6.07, 6.45) is -0.988. The van der Waals surface area contributed by atoms with Crippen molar-refractivity contribution in [2.45, 2.75) is 43.0 Å². The molecule has 2 aliphatic rings. The Labute approximate surface area is 368 Å². The van der Waals surface area contributed by atoms with Crippen LogP contribution in [0.25, 0.3) is 0 Å². The molecule has 0 saturated carbocycles. The average molecular weight is 870 g/mol. The van der Waals surface area contributed by atoms with E-state index in [1.165, 1.54) is 23.1 Å². The third-order valence-electron chi connectivity index (χ3n) is 10.8. The number of aromatic nitrogens is 1. The Kier molecular flexibility index (Phi) is 12.6. The summed E-state index contributed by atoms with van der Waals surface area (Å²) in [5, 5.41) is 12.8. The first-order chi connectivity index (χ1) is 29.7. The quantitative estimate of drug-likeness (QED) is 0.0263. The number of nitrogens with one attached hydrogen (secondary N) is 2. The molecule has 61 heavy (non-hydrogen) atoms. The van der Waals surface area contributed by atoms with Crippen molar-refractivity contribution in [1.29, 1.82) is 0 Å². The van der Waals surface area contributed by atoms with Gasteiger partial charge in [0.15, 0.2) is 16.9 Å². The number of thioether (sulfide) groups is 1. The Morgan fingerprint density at radius 2 is 1.34 bits per heavy atom. The molecule has 2 saturated heterocycles. The highest BCUT2D eigenvalue weighted by molar-refractivity contribution is 8.00. The van der Waals surface area contributed by atoms with Crippen LogP contribution in [0.1, 0.15) is 53.5 Å². The zero-order chi connectivity index (χ0) is 42.4. The molecule has 0 aliphatic carbocycles. The third kappa shape index (κ3) is 8.53. The van der Waals surface area contributed by atoms with Crippen LogP contribution in [0, 0.1) is 5.41 Å². The van der Waals surface area contributed by atoms with Crippen LogP contribution in [0.5, 0.6) is 0 Å². The fraction of sp³-hybridized carbons (Fsp3) is 0.229. The minimum atomic E-state index is -1.16. The van der Waals surface area contributed by atoms with Gasteiger partial charge in [-0.15, -0.1) is 34.7 Å². The molecular formula is C48H44ClN5O5S2. The first kappa shape index (κ1) is 41.8. The van der Waals surface area contributed by atoms with Gasteiger partial charge in [0.1, 0.15) is 34.2 Å². The minimum Gasteiger partial charge on any atom is -0.452 e. The number of anilines is 1. The number of hydrogen-bond donors (Lipinski definition) is 2. The Morgan fingerprint density at radius 3 is 1.84 bits per heavy atom. The Bertz CT molecular complexity index is 2340. The fourth-order valence-electron chi connectivity index (χ4n) is 7.66. The standard InChI is InChI=1S/C48H44ClN5O5S2/c1-32(2)59-53-39(38-28-60-46(50-38)52-48(35-22-12-5-13-23-35,36-24-14-6-15-25-36)37-26-16-7-17-27-37)42(55)51-40-43(56)54-30-47(29-49,31-61-44(40)54)45(57)58-41(33-18-8-3-9-19-33)34-20-10-4-11-21-34/h3-28,32,40-41,44H,29-31H2,1-2H3,(H,50,52)(H,51,55)/t40?,44-,47?/m1/s1. The number of nitrogens with zero attached hydrogens (tertiary/aromatic N) is 3. The molecule has 13 heteroatoms. The van der Waals surface area contributed by atoms with E-state index in [1.807, 2.05) is 129 Å². The number of esters is 1. The van der Waals surface area contributed by atoms with Crippen molar-refractivity contribution in [1.82, 2.24) is 15.2 Å². The molecule has 2 fully saturated rings. The van der Waals surface area contributed by atoms with Gasteiger partial charge in [-0.3, -0.25) is 14.4 Å². The van der Waals surface area contributed by atoms with Gasteiger partial charge in [0.05, 0.1) is 0 Å². The van der Waals surface area contributed by atoms with Crippen LogP contribution in [-0.4, -0.2) is 69.1 Å². The van der Waals surface area contributed by atoms with Crippen molar-refractivity contribution in [2.24, 2.45) is 10.6 Å². The van der Waals surface area contributed by atoms with E-state index in [0.29, 0.717) is 5.13 Å². The Balaban J connectivity index is 1.01. The number of amides is 2. The molecule has 0 bridgehead atoms. The van der Waals surface area contributed by atoms with Crippen molar-refractivity contribution in [3.05, 3.63) is 191 Å². The van der Waals surface area contributed by atoms with Crippen molar-refractivity contribution in [2.75, 3.05) is 23.5 Å². The summed E-state index contributed by atoms with van der Waals surface area (Å²) in [4.78, 5) is 54.2. The second-order valence-electron chi connectivity index (χ2n) is 15.2. The Morgan fingerprint density at radius 1 is 0.836 bits per heavy atom. The zero-order valence-electron chi connectivity index (χ0n) is 33.5. The number of fused-ring (bicyclic) bond motifs is 1. The SMILES string of the molecule is CC(C)ON=C(C(=O)NC1C(=O)N2CC(CCl)(C(=O)OC(c3ccccc3)c3ccccc3)CS[C@H]12)c1csc(NC(c2ccccc2)(c2ccccc2)c2ccccc2)n1. The lowest BCUT2D eigenvalue weighted by molar-refractivity contribution is -0.164. The minimum absolute atomic E-state index is 0.0493. The average Bonchev–Trinajstić information content (AvgIpc) is 3.78. The number of carbonyl (C=O) groups excluding carboxylic acids is 3. The number of carbonyl (C=O) groups is 3. The second-order valence-corrected chi connectivity index (χ2v) is 17.5. The van der Waals surface area contributed by atoms with Gasteiger partial charge < -0.3 is 25.1 Å². The summed E-state index contributed by atoms with van der Waals surface area (Å²) >= 11 is 9.28. The van der Waals surface area contributed by atoms with Gasteiger partial charge in [-0.1, -0.05) is 157 Å². The lowest BCUT2D eigenvalue weighted by atomic mass is 9.77. The zero-order valence-corrected chi connectivity index (χ0v) is 35.9. The van der Waals surface area contributed by atoms with Crippen LogP contribution in [0.4, 0.5) is 5.13 Å². The molecule has 0 radical (unpaired) electrons. The molecule has 8 rings (SSSR count). The van der Waals surface area contributed by atoms with Crippen LogP contribution in [0.2, 0.25) is 0 Å². The second kappa shape index (κ2) is 18.3. The number of hydrogen-bond acceptors (Lipinski definition) is 10. The van der Waals surface area contributed by atoms with Crippen molar-refractivity contribution in [3.8, 4) is 0 Å². The van der Waals surface area contributed by atoms with E-state index >= 15 is 0 Å². The number of thiazole rings is 1. The Hall–Kier alpha value is -5.95. The maximum absolute atomic E-state index is 14.2. The predicted molar refractivity (Wildman–Crippen MR) is 242 cm³/mol. The third-order valence-corrected chi connectivity index (χ3v) is 13.6. The maximum atomic E-state index is 14.2. The normalized spacial score (nSPS) is 18.9. The smallest absolute Gasteiger partial charge is 0.316 e. The molecule has 3 atom stereocenters. The highest BCUT2D eigenvalue weighted by Crippen LogP contribution is 2.45. The van der Waals surface area contributed by atoms with Crippen LogP contribution in [0.15, 0.2) is 162 Å².